The summed E-state index contributed by atoms with van der Waals surface area (Å²) in [5.74, 6) is -2.00. The number of ether oxygens (including phenoxy) is 1. The van der Waals surface area contributed by atoms with Crippen LogP contribution in [-0.2, 0) is 29.3 Å². The molecule has 4 rings (SSSR count). The average Bonchev–Trinajstić information content (AvgIpc) is 3.46. The number of benzene rings is 1. The summed E-state index contributed by atoms with van der Waals surface area (Å²) in [6.45, 7) is 7.25. The summed E-state index contributed by atoms with van der Waals surface area (Å²) in [5.41, 5.74) is -0.981. The fourth-order valence-corrected chi connectivity index (χ4v) is 6.25. The number of hydrogen-bond acceptors (Lipinski definition) is 6. The highest BCUT2D eigenvalue weighted by molar-refractivity contribution is 7.12. The van der Waals surface area contributed by atoms with E-state index in [4.69, 9.17) is 4.74 Å². The molecule has 0 fully saturated rings. The molecule has 0 saturated carbocycles. The van der Waals surface area contributed by atoms with Gasteiger partial charge in [0.1, 0.15) is 22.4 Å². The van der Waals surface area contributed by atoms with Gasteiger partial charge in [0.25, 0.3) is 0 Å². The highest BCUT2D eigenvalue weighted by atomic mass is 32.1. The van der Waals surface area contributed by atoms with Gasteiger partial charge >= 0.3 is 12.3 Å². The SMILES string of the molecule is Cc1c(C#N)sc2c1[C@H](c1cccc(F)c1-c1cn(C)nc1C(F)(F)F)CN(C(=O)/C=C/CN(C)C(=O)OC(C)(C)C)C2. The second kappa shape index (κ2) is 11.8. The van der Waals surface area contributed by atoms with E-state index in [9.17, 15) is 28.0 Å². The van der Waals surface area contributed by atoms with Gasteiger partial charge in [-0.25, -0.2) is 9.18 Å². The Morgan fingerprint density at radius 1 is 1.28 bits per heavy atom. The van der Waals surface area contributed by atoms with Crippen molar-refractivity contribution in [3.63, 3.8) is 0 Å². The molecule has 0 radical (unpaired) electrons. The molecule has 0 unspecified atom stereocenters. The Bertz CT molecular complexity index is 1630. The Morgan fingerprint density at radius 3 is 2.60 bits per heavy atom. The smallest absolute Gasteiger partial charge is 0.435 e. The first kappa shape index (κ1) is 31.7. The lowest BCUT2D eigenvalue weighted by Crippen LogP contribution is -2.38. The number of aryl methyl sites for hydroxylation is 1. The number of carbonyl (C=O) groups excluding carboxylic acids is 2. The summed E-state index contributed by atoms with van der Waals surface area (Å²) in [6, 6.07) is 6.19. The van der Waals surface area contributed by atoms with Crippen LogP contribution in [0.15, 0.2) is 36.5 Å². The minimum Gasteiger partial charge on any atom is -0.444 e. The third kappa shape index (κ3) is 6.74. The van der Waals surface area contributed by atoms with Crippen molar-refractivity contribution in [2.75, 3.05) is 20.1 Å². The monoisotopic (exact) mass is 617 g/mol. The average molecular weight is 618 g/mol. The van der Waals surface area contributed by atoms with Gasteiger partial charge in [0, 0.05) is 61.4 Å². The van der Waals surface area contributed by atoms with Gasteiger partial charge in [0.2, 0.25) is 5.91 Å². The van der Waals surface area contributed by atoms with Crippen LogP contribution in [0.2, 0.25) is 0 Å². The van der Waals surface area contributed by atoms with Crippen molar-refractivity contribution >= 4 is 23.3 Å². The Morgan fingerprint density at radius 2 is 1.98 bits per heavy atom. The van der Waals surface area contributed by atoms with E-state index in [2.05, 4.69) is 11.2 Å². The van der Waals surface area contributed by atoms with Gasteiger partial charge < -0.3 is 14.5 Å². The summed E-state index contributed by atoms with van der Waals surface area (Å²) in [7, 11) is 2.86. The molecule has 43 heavy (non-hydrogen) atoms. The van der Waals surface area contributed by atoms with Gasteiger partial charge in [-0.2, -0.15) is 23.5 Å². The maximum absolute atomic E-state index is 15.5. The molecule has 3 aromatic rings. The molecule has 2 aromatic heterocycles. The lowest BCUT2D eigenvalue weighted by Gasteiger charge is -2.34. The van der Waals surface area contributed by atoms with E-state index >= 15 is 4.39 Å². The second-order valence-corrected chi connectivity index (χ2v) is 12.4. The number of rotatable bonds is 5. The molecule has 0 bridgehead atoms. The highest BCUT2D eigenvalue weighted by Crippen LogP contribution is 2.46. The zero-order valence-corrected chi connectivity index (χ0v) is 25.4. The Labute approximate surface area is 250 Å². The molecular formula is C30H31F4N5O3S. The van der Waals surface area contributed by atoms with Crippen LogP contribution in [0.4, 0.5) is 22.4 Å². The molecule has 1 aromatic carbocycles. The number of fused-ring (bicyclic) bond motifs is 1. The van der Waals surface area contributed by atoms with Crippen LogP contribution < -0.4 is 0 Å². The minimum atomic E-state index is -4.83. The normalized spacial score (nSPS) is 15.4. The highest BCUT2D eigenvalue weighted by Gasteiger charge is 2.40. The molecule has 228 valence electrons. The first-order valence-corrected chi connectivity index (χ1v) is 14.1. The van der Waals surface area contributed by atoms with Crippen molar-refractivity contribution in [3.05, 3.63) is 74.5 Å². The van der Waals surface area contributed by atoms with Crippen LogP contribution in [0.1, 0.15) is 58.8 Å². The topological polar surface area (TPSA) is 91.5 Å². The molecule has 0 saturated heterocycles. The van der Waals surface area contributed by atoms with Gasteiger partial charge in [-0.3, -0.25) is 9.48 Å². The van der Waals surface area contributed by atoms with Gasteiger partial charge in [-0.15, -0.1) is 11.3 Å². The number of carbonyl (C=O) groups is 2. The molecule has 1 aliphatic heterocycles. The predicted octanol–water partition coefficient (Wildman–Crippen LogP) is 6.38. The molecule has 0 N–H and O–H groups in total. The molecule has 3 heterocycles. The van der Waals surface area contributed by atoms with Gasteiger partial charge in [0.15, 0.2) is 5.69 Å². The molecule has 1 aliphatic rings. The van der Waals surface area contributed by atoms with Crippen molar-refractivity contribution in [1.82, 2.24) is 19.6 Å². The van der Waals surface area contributed by atoms with Crippen molar-refractivity contribution < 1.29 is 31.9 Å². The Kier molecular flexibility index (Phi) is 8.74. The summed E-state index contributed by atoms with van der Waals surface area (Å²) >= 11 is 1.20. The van der Waals surface area contributed by atoms with Crippen LogP contribution in [0, 0.1) is 24.1 Å². The first-order chi connectivity index (χ1) is 20.0. The molecule has 0 aliphatic carbocycles. The fraction of sp³-hybridized carbons (Fsp3) is 0.400. The van der Waals surface area contributed by atoms with Gasteiger partial charge in [0.05, 0.1) is 6.54 Å². The predicted molar refractivity (Wildman–Crippen MR) is 153 cm³/mol. The van der Waals surface area contributed by atoms with Crippen LogP contribution in [0.25, 0.3) is 11.1 Å². The lowest BCUT2D eigenvalue weighted by molar-refractivity contribution is -0.141. The number of thiophene rings is 1. The number of nitrogens with zero attached hydrogens (tertiary/aromatic N) is 5. The number of alkyl halides is 3. The number of likely N-dealkylation sites (N-methyl/N-ethyl adjacent to an activating group) is 1. The lowest BCUT2D eigenvalue weighted by atomic mass is 9.81. The van der Waals surface area contributed by atoms with Crippen LogP contribution in [0.3, 0.4) is 0 Å². The molecule has 8 nitrogen and oxygen atoms in total. The molecule has 13 heteroatoms. The van der Waals surface area contributed by atoms with E-state index in [1.54, 1.807) is 33.8 Å². The number of amides is 2. The van der Waals surface area contributed by atoms with Gasteiger partial charge in [-0.1, -0.05) is 18.2 Å². The van der Waals surface area contributed by atoms with E-state index in [-0.39, 0.29) is 30.8 Å². The van der Waals surface area contributed by atoms with Crippen molar-refractivity contribution in [3.8, 4) is 17.2 Å². The van der Waals surface area contributed by atoms with Crippen LogP contribution in [0.5, 0.6) is 0 Å². The third-order valence-electron chi connectivity index (χ3n) is 6.90. The van der Waals surface area contributed by atoms with E-state index in [1.165, 1.54) is 53.5 Å². The minimum absolute atomic E-state index is 0.0264. The van der Waals surface area contributed by atoms with Crippen LogP contribution in [-0.4, -0.2) is 57.3 Å². The van der Waals surface area contributed by atoms with Crippen molar-refractivity contribution in [2.24, 2.45) is 7.05 Å². The number of hydrogen-bond donors (Lipinski definition) is 0. The van der Waals surface area contributed by atoms with Crippen molar-refractivity contribution in [1.29, 1.82) is 5.26 Å². The number of nitriles is 1. The largest absolute Gasteiger partial charge is 0.444 e. The second-order valence-electron chi connectivity index (χ2n) is 11.3. The van der Waals surface area contributed by atoms with E-state index in [0.29, 0.717) is 20.9 Å². The maximum atomic E-state index is 15.5. The Hall–Kier alpha value is -4.18. The summed E-state index contributed by atoms with van der Waals surface area (Å²) < 4.78 is 63.7. The zero-order chi connectivity index (χ0) is 31.9. The van der Waals surface area contributed by atoms with Gasteiger partial charge in [-0.05, 0) is 50.5 Å². The summed E-state index contributed by atoms with van der Waals surface area (Å²) in [5, 5.41) is 13.3. The fourth-order valence-electron chi connectivity index (χ4n) is 5.06. The van der Waals surface area contributed by atoms with E-state index < -0.39 is 46.8 Å². The maximum Gasteiger partial charge on any atom is 0.435 e. The zero-order valence-electron chi connectivity index (χ0n) is 24.5. The quantitative estimate of drug-likeness (QED) is 0.245. The Balaban J connectivity index is 1.73. The standard InChI is InChI=1S/C30H31F4N5O3S/c1-17-22(13-35)43-23-16-39(24(40)11-8-12-37(5)28(41)42-29(2,3)4)15-19(25(17)23)18-9-7-10-21(31)26(18)20-14-38(6)36-27(20)30(32,33)34/h7-11,14,19H,12,15-16H2,1-6H3/b11-8+/t19-/m0/s1. The molecule has 2 amide bonds. The molecule has 1 atom stereocenters. The molecular weight excluding hydrogens is 586 g/mol. The first-order valence-electron chi connectivity index (χ1n) is 13.3. The van der Waals surface area contributed by atoms with Crippen molar-refractivity contribution in [2.45, 2.75) is 51.9 Å². The van der Waals surface area contributed by atoms with Crippen LogP contribution >= 0.6 is 11.3 Å². The third-order valence-corrected chi connectivity index (χ3v) is 8.10. The summed E-state index contributed by atoms with van der Waals surface area (Å²) in [4.78, 5) is 29.5. The van der Waals surface area contributed by atoms with E-state index in [1.807, 2.05) is 0 Å². The summed E-state index contributed by atoms with van der Waals surface area (Å²) in [6.07, 6.45) is -1.44. The molecule has 0 spiro atoms. The van der Waals surface area contributed by atoms with E-state index in [0.717, 1.165) is 16.9 Å². The number of aromatic nitrogens is 2. The number of halogens is 4.